The molecular formula is C13H22N2O5. The van der Waals surface area contributed by atoms with Gasteiger partial charge >= 0.3 is 12.0 Å². The highest BCUT2D eigenvalue weighted by molar-refractivity contribution is 5.94. The molecule has 7 heteroatoms. The Kier molecular flexibility index (Phi) is 7.00. The van der Waals surface area contributed by atoms with Crippen LogP contribution in [-0.4, -0.2) is 42.3 Å². The molecule has 1 heterocycles. The summed E-state index contributed by atoms with van der Waals surface area (Å²) in [6, 6.07) is -0.546. The van der Waals surface area contributed by atoms with Crippen LogP contribution in [0.3, 0.4) is 0 Å². The number of carbonyl (C=O) groups excluding carboxylic acids is 2. The Hall–Kier alpha value is -1.63. The van der Waals surface area contributed by atoms with Crippen molar-refractivity contribution in [2.24, 2.45) is 5.92 Å². The van der Waals surface area contributed by atoms with Crippen molar-refractivity contribution in [3.8, 4) is 0 Å². The number of rotatable bonds is 6. The highest BCUT2D eigenvalue weighted by atomic mass is 16.5. The molecule has 1 aliphatic heterocycles. The standard InChI is InChI=1S/C13H22N2O5/c1-9(10-5-7-20-8-6-10)14-13(19)15-11(16)3-2-4-12(17)18/h9-10H,2-8H2,1H3,(H,17,18)(H2,14,15,16,19). The van der Waals surface area contributed by atoms with Gasteiger partial charge in [-0.2, -0.15) is 0 Å². The van der Waals surface area contributed by atoms with Crippen LogP contribution in [0.15, 0.2) is 0 Å². The monoisotopic (exact) mass is 286 g/mol. The van der Waals surface area contributed by atoms with Crippen molar-refractivity contribution >= 4 is 17.9 Å². The Morgan fingerprint density at radius 1 is 1.25 bits per heavy atom. The number of aliphatic carboxylic acids is 1. The zero-order chi connectivity index (χ0) is 15.0. The van der Waals surface area contributed by atoms with E-state index in [0.717, 1.165) is 12.8 Å². The van der Waals surface area contributed by atoms with E-state index in [1.807, 2.05) is 6.92 Å². The van der Waals surface area contributed by atoms with Crippen molar-refractivity contribution in [3.63, 3.8) is 0 Å². The molecule has 1 atom stereocenters. The van der Waals surface area contributed by atoms with Gasteiger partial charge in [0.1, 0.15) is 0 Å². The number of nitrogens with one attached hydrogen (secondary N) is 2. The lowest BCUT2D eigenvalue weighted by Crippen LogP contribution is -2.47. The second-order valence-corrected chi connectivity index (χ2v) is 5.01. The molecule has 0 aromatic rings. The van der Waals surface area contributed by atoms with Crippen molar-refractivity contribution in [2.75, 3.05) is 13.2 Å². The number of carbonyl (C=O) groups is 3. The van der Waals surface area contributed by atoms with Gasteiger partial charge in [-0.1, -0.05) is 0 Å². The van der Waals surface area contributed by atoms with E-state index in [-0.39, 0.29) is 25.3 Å². The van der Waals surface area contributed by atoms with Gasteiger partial charge in [-0.15, -0.1) is 0 Å². The van der Waals surface area contributed by atoms with Gasteiger partial charge in [0.05, 0.1) is 0 Å². The second kappa shape index (κ2) is 8.52. The summed E-state index contributed by atoms with van der Waals surface area (Å²) >= 11 is 0. The lowest BCUT2D eigenvalue weighted by atomic mass is 9.93. The van der Waals surface area contributed by atoms with E-state index in [0.29, 0.717) is 19.1 Å². The molecule has 3 amide bonds. The lowest BCUT2D eigenvalue weighted by Gasteiger charge is -2.28. The number of hydrogen-bond donors (Lipinski definition) is 3. The zero-order valence-corrected chi connectivity index (χ0v) is 11.7. The normalized spacial score (nSPS) is 17.2. The Morgan fingerprint density at radius 2 is 1.90 bits per heavy atom. The van der Waals surface area contributed by atoms with Crippen molar-refractivity contribution in [1.82, 2.24) is 10.6 Å². The summed E-state index contributed by atoms with van der Waals surface area (Å²) in [6.07, 6.45) is 1.98. The SMILES string of the molecule is CC(NC(=O)NC(=O)CCCC(=O)O)C1CCOCC1. The molecule has 0 aromatic heterocycles. The average Bonchev–Trinajstić information content (AvgIpc) is 2.38. The number of carboxylic acid groups (broad SMARTS) is 1. The minimum Gasteiger partial charge on any atom is -0.481 e. The number of urea groups is 1. The molecule has 1 unspecified atom stereocenters. The maximum atomic E-state index is 11.6. The Bertz CT molecular complexity index is 353. The van der Waals surface area contributed by atoms with E-state index in [1.54, 1.807) is 0 Å². The molecule has 1 rings (SSSR count). The van der Waals surface area contributed by atoms with Crippen molar-refractivity contribution in [3.05, 3.63) is 0 Å². The molecule has 0 aliphatic carbocycles. The molecular weight excluding hydrogens is 264 g/mol. The quantitative estimate of drug-likeness (QED) is 0.672. The summed E-state index contributed by atoms with van der Waals surface area (Å²) in [7, 11) is 0. The van der Waals surface area contributed by atoms with E-state index in [4.69, 9.17) is 9.84 Å². The predicted molar refractivity (Wildman–Crippen MR) is 71.2 cm³/mol. The summed E-state index contributed by atoms with van der Waals surface area (Å²) in [5, 5.41) is 13.4. The minimum atomic E-state index is -0.949. The second-order valence-electron chi connectivity index (χ2n) is 5.01. The summed E-state index contributed by atoms with van der Waals surface area (Å²) in [5.74, 6) is -1.05. The Morgan fingerprint density at radius 3 is 2.50 bits per heavy atom. The largest absolute Gasteiger partial charge is 0.481 e. The van der Waals surface area contributed by atoms with Gasteiger partial charge in [0.15, 0.2) is 0 Å². The molecule has 1 saturated heterocycles. The highest BCUT2D eigenvalue weighted by Crippen LogP contribution is 2.18. The van der Waals surface area contributed by atoms with Gasteiger partial charge in [0.2, 0.25) is 5.91 Å². The maximum Gasteiger partial charge on any atom is 0.321 e. The summed E-state index contributed by atoms with van der Waals surface area (Å²) < 4.78 is 5.25. The van der Waals surface area contributed by atoms with Crippen LogP contribution in [0.1, 0.15) is 39.0 Å². The molecule has 0 spiro atoms. The fourth-order valence-corrected chi connectivity index (χ4v) is 2.17. The van der Waals surface area contributed by atoms with Crippen LogP contribution in [0.25, 0.3) is 0 Å². The number of carboxylic acids is 1. The first kappa shape index (κ1) is 16.4. The average molecular weight is 286 g/mol. The minimum absolute atomic E-state index is 0.0225. The molecule has 20 heavy (non-hydrogen) atoms. The van der Waals surface area contributed by atoms with Gasteiger partial charge in [-0.3, -0.25) is 14.9 Å². The van der Waals surface area contributed by atoms with Crippen LogP contribution in [0.5, 0.6) is 0 Å². The number of ether oxygens (including phenoxy) is 1. The van der Waals surface area contributed by atoms with Crippen molar-refractivity contribution in [2.45, 2.75) is 45.1 Å². The van der Waals surface area contributed by atoms with Crippen LogP contribution in [0, 0.1) is 5.92 Å². The third-order valence-electron chi connectivity index (χ3n) is 3.38. The molecule has 1 aliphatic rings. The predicted octanol–water partition coefficient (Wildman–Crippen LogP) is 0.882. The van der Waals surface area contributed by atoms with Crippen LogP contribution in [-0.2, 0) is 14.3 Å². The molecule has 7 nitrogen and oxygen atoms in total. The third kappa shape index (κ3) is 6.51. The van der Waals surface area contributed by atoms with Gasteiger partial charge in [0.25, 0.3) is 0 Å². The van der Waals surface area contributed by atoms with Crippen LogP contribution in [0.2, 0.25) is 0 Å². The molecule has 1 fully saturated rings. The number of hydrogen-bond acceptors (Lipinski definition) is 4. The lowest BCUT2D eigenvalue weighted by molar-refractivity contribution is -0.137. The topological polar surface area (TPSA) is 105 Å². The van der Waals surface area contributed by atoms with Crippen LogP contribution in [0.4, 0.5) is 4.79 Å². The third-order valence-corrected chi connectivity index (χ3v) is 3.38. The zero-order valence-electron chi connectivity index (χ0n) is 11.7. The molecule has 0 saturated carbocycles. The molecule has 114 valence electrons. The molecule has 0 radical (unpaired) electrons. The van der Waals surface area contributed by atoms with Crippen molar-refractivity contribution in [1.29, 1.82) is 0 Å². The first-order chi connectivity index (χ1) is 9.49. The van der Waals surface area contributed by atoms with Gasteiger partial charge in [-0.25, -0.2) is 4.79 Å². The van der Waals surface area contributed by atoms with E-state index >= 15 is 0 Å². The first-order valence-electron chi connectivity index (χ1n) is 6.89. The first-order valence-corrected chi connectivity index (χ1v) is 6.89. The van der Waals surface area contributed by atoms with E-state index in [9.17, 15) is 14.4 Å². The summed E-state index contributed by atoms with van der Waals surface area (Å²) in [6.45, 7) is 3.31. The van der Waals surface area contributed by atoms with Crippen LogP contribution >= 0.6 is 0 Å². The molecule has 3 N–H and O–H groups in total. The number of amides is 3. The smallest absolute Gasteiger partial charge is 0.321 e. The highest BCUT2D eigenvalue weighted by Gasteiger charge is 2.22. The van der Waals surface area contributed by atoms with E-state index in [1.165, 1.54) is 0 Å². The summed E-state index contributed by atoms with van der Waals surface area (Å²) in [5.41, 5.74) is 0. The summed E-state index contributed by atoms with van der Waals surface area (Å²) in [4.78, 5) is 33.3. The van der Waals surface area contributed by atoms with Gasteiger partial charge < -0.3 is 15.2 Å². The molecule has 0 bridgehead atoms. The van der Waals surface area contributed by atoms with Crippen molar-refractivity contribution < 1.29 is 24.2 Å². The Balaban J connectivity index is 2.21. The fourth-order valence-electron chi connectivity index (χ4n) is 2.17. The van der Waals surface area contributed by atoms with Gasteiger partial charge in [0, 0.05) is 32.1 Å². The molecule has 0 aromatic carbocycles. The number of imide groups is 1. The Labute approximate surface area is 118 Å². The fraction of sp³-hybridized carbons (Fsp3) is 0.769. The van der Waals surface area contributed by atoms with Crippen LogP contribution < -0.4 is 10.6 Å². The van der Waals surface area contributed by atoms with E-state index < -0.39 is 17.9 Å². The van der Waals surface area contributed by atoms with Gasteiger partial charge in [-0.05, 0) is 32.1 Å². The maximum absolute atomic E-state index is 11.6. The van der Waals surface area contributed by atoms with E-state index in [2.05, 4.69) is 10.6 Å².